The summed E-state index contributed by atoms with van der Waals surface area (Å²) in [5.74, 6) is 0.780. The number of likely N-dealkylation sites (tertiary alicyclic amines) is 1. The second-order valence-corrected chi connectivity index (χ2v) is 6.39. The maximum absolute atomic E-state index is 12.7. The van der Waals surface area contributed by atoms with E-state index in [0.29, 0.717) is 5.69 Å². The SMILES string of the molecule is CCc1ccccc1-c1cccc(C(=O)N2CCC(C)CC2)n1. The molecule has 1 aromatic carbocycles. The van der Waals surface area contributed by atoms with E-state index in [4.69, 9.17) is 0 Å². The number of amides is 1. The van der Waals surface area contributed by atoms with Crippen LogP contribution in [0.2, 0.25) is 0 Å². The highest BCUT2D eigenvalue weighted by Crippen LogP contribution is 2.23. The summed E-state index contributed by atoms with van der Waals surface area (Å²) < 4.78 is 0. The van der Waals surface area contributed by atoms with Crippen LogP contribution in [0.1, 0.15) is 42.7 Å². The van der Waals surface area contributed by atoms with Crippen molar-refractivity contribution < 1.29 is 4.79 Å². The van der Waals surface area contributed by atoms with Crippen molar-refractivity contribution >= 4 is 5.91 Å². The number of hydrogen-bond acceptors (Lipinski definition) is 2. The molecule has 2 heterocycles. The van der Waals surface area contributed by atoms with E-state index in [0.717, 1.165) is 49.5 Å². The topological polar surface area (TPSA) is 33.2 Å². The largest absolute Gasteiger partial charge is 0.337 e. The second kappa shape index (κ2) is 6.95. The van der Waals surface area contributed by atoms with Crippen molar-refractivity contribution in [1.82, 2.24) is 9.88 Å². The Balaban J connectivity index is 1.86. The summed E-state index contributed by atoms with van der Waals surface area (Å²) in [7, 11) is 0. The number of aromatic nitrogens is 1. The minimum absolute atomic E-state index is 0.0627. The third kappa shape index (κ3) is 3.44. The van der Waals surface area contributed by atoms with E-state index in [1.165, 1.54) is 5.56 Å². The van der Waals surface area contributed by atoms with Gasteiger partial charge in [-0.15, -0.1) is 0 Å². The molecule has 1 aliphatic rings. The molecule has 0 N–H and O–H groups in total. The van der Waals surface area contributed by atoms with Gasteiger partial charge in [0, 0.05) is 18.7 Å². The molecule has 2 aromatic rings. The Kier molecular flexibility index (Phi) is 4.75. The molecule has 3 heteroatoms. The van der Waals surface area contributed by atoms with Gasteiger partial charge >= 0.3 is 0 Å². The number of carbonyl (C=O) groups is 1. The van der Waals surface area contributed by atoms with E-state index in [1.807, 2.05) is 35.2 Å². The van der Waals surface area contributed by atoms with E-state index in [9.17, 15) is 4.79 Å². The Morgan fingerprint density at radius 2 is 1.87 bits per heavy atom. The standard InChI is InChI=1S/C20H24N2O/c1-3-16-7-4-5-8-17(16)18-9-6-10-19(21-18)20(23)22-13-11-15(2)12-14-22/h4-10,15H,3,11-14H2,1-2H3. The second-order valence-electron chi connectivity index (χ2n) is 6.39. The number of rotatable bonds is 3. The van der Waals surface area contributed by atoms with Crippen molar-refractivity contribution in [3.63, 3.8) is 0 Å². The highest BCUT2D eigenvalue weighted by atomic mass is 16.2. The average molecular weight is 308 g/mol. The van der Waals surface area contributed by atoms with Crippen LogP contribution in [0.15, 0.2) is 42.5 Å². The van der Waals surface area contributed by atoms with Gasteiger partial charge in [0.15, 0.2) is 0 Å². The van der Waals surface area contributed by atoms with Gasteiger partial charge in [-0.1, -0.05) is 44.2 Å². The van der Waals surface area contributed by atoms with Crippen LogP contribution in [-0.4, -0.2) is 28.9 Å². The zero-order valence-corrected chi connectivity index (χ0v) is 14.0. The fourth-order valence-electron chi connectivity index (χ4n) is 3.16. The van der Waals surface area contributed by atoms with Crippen LogP contribution in [0.3, 0.4) is 0 Å². The summed E-state index contributed by atoms with van der Waals surface area (Å²) >= 11 is 0. The molecule has 0 radical (unpaired) electrons. The Bertz CT molecular complexity index is 688. The van der Waals surface area contributed by atoms with Gasteiger partial charge in [-0.3, -0.25) is 4.79 Å². The lowest BCUT2D eigenvalue weighted by Crippen LogP contribution is -2.38. The zero-order valence-electron chi connectivity index (χ0n) is 14.0. The summed E-state index contributed by atoms with van der Waals surface area (Å²) in [5, 5.41) is 0. The predicted molar refractivity (Wildman–Crippen MR) is 93.4 cm³/mol. The monoisotopic (exact) mass is 308 g/mol. The molecule has 3 rings (SSSR count). The van der Waals surface area contributed by atoms with Gasteiger partial charge in [0.25, 0.3) is 5.91 Å². The zero-order chi connectivity index (χ0) is 16.2. The van der Waals surface area contributed by atoms with Crippen LogP contribution in [0.5, 0.6) is 0 Å². The van der Waals surface area contributed by atoms with Gasteiger partial charge < -0.3 is 4.90 Å². The van der Waals surface area contributed by atoms with Crippen LogP contribution < -0.4 is 0 Å². The van der Waals surface area contributed by atoms with Crippen molar-refractivity contribution in [2.75, 3.05) is 13.1 Å². The molecule has 0 aliphatic carbocycles. The summed E-state index contributed by atoms with van der Waals surface area (Å²) in [4.78, 5) is 19.3. The van der Waals surface area contributed by atoms with Gasteiger partial charge in [0.05, 0.1) is 5.69 Å². The average Bonchev–Trinajstić information content (AvgIpc) is 2.62. The van der Waals surface area contributed by atoms with Gasteiger partial charge in [0.1, 0.15) is 5.69 Å². The predicted octanol–water partition coefficient (Wildman–Crippen LogP) is 4.18. The summed E-state index contributed by atoms with van der Waals surface area (Å²) in [6.07, 6.45) is 3.13. The van der Waals surface area contributed by atoms with Crippen molar-refractivity contribution in [2.24, 2.45) is 5.92 Å². The first-order valence-electron chi connectivity index (χ1n) is 8.53. The molecule has 3 nitrogen and oxygen atoms in total. The first-order valence-corrected chi connectivity index (χ1v) is 8.53. The van der Waals surface area contributed by atoms with Gasteiger partial charge in [-0.25, -0.2) is 4.98 Å². The Labute approximate surface area is 138 Å². The number of pyridine rings is 1. The molecule has 1 amide bonds. The van der Waals surface area contributed by atoms with Crippen molar-refractivity contribution in [3.8, 4) is 11.3 Å². The molecule has 1 fully saturated rings. The number of hydrogen-bond donors (Lipinski definition) is 0. The lowest BCUT2D eigenvalue weighted by molar-refractivity contribution is 0.0691. The molecular weight excluding hydrogens is 284 g/mol. The maximum Gasteiger partial charge on any atom is 0.272 e. The molecule has 120 valence electrons. The summed E-state index contributed by atoms with van der Waals surface area (Å²) in [6.45, 7) is 6.08. The Morgan fingerprint density at radius 3 is 2.61 bits per heavy atom. The molecule has 0 atom stereocenters. The van der Waals surface area contributed by atoms with Gasteiger partial charge in [0.2, 0.25) is 0 Å². The van der Waals surface area contributed by atoms with E-state index >= 15 is 0 Å². The number of nitrogens with zero attached hydrogens (tertiary/aromatic N) is 2. The van der Waals surface area contributed by atoms with Crippen molar-refractivity contribution in [3.05, 3.63) is 53.7 Å². The van der Waals surface area contributed by atoms with Crippen LogP contribution in [-0.2, 0) is 6.42 Å². The summed E-state index contributed by atoms with van der Waals surface area (Å²) in [6, 6.07) is 14.0. The maximum atomic E-state index is 12.7. The Morgan fingerprint density at radius 1 is 1.13 bits per heavy atom. The molecule has 0 bridgehead atoms. The van der Waals surface area contributed by atoms with Crippen molar-refractivity contribution in [1.29, 1.82) is 0 Å². The number of carbonyl (C=O) groups excluding carboxylic acids is 1. The quantitative estimate of drug-likeness (QED) is 0.852. The van der Waals surface area contributed by atoms with Gasteiger partial charge in [-0.2, -0.15) is 0 Å². The minimum Gasteiger partial charge on any atom is -0.337 e. The van der Waals surface area contributed by atoms with Crippen LogP contribution in [0.25, 0.3) is 11.3 Å². The summed E-state index contributed by atoms with van der Waals surface area (Å²) in [5.41, 5.74) is 3.83. The van der Waals surface area contributed by atoms with Crippen LogP contribution >= 0.6 is 0 Å². The molecular formula is C20H24N2O. The molecule has 0 saturated carbocycles. The highest BCUT2D eigenvalue weighted by molar-refractivity contribution is 5.93. The van der Waals surface area contributed by atoms with E-state index in [-0.39, 0.29) is 5.91 Å². The molecule has 1 aromatic heterocycles. The highest BCUT2D eigenvalue weighted by Gasteiger charge is 2.22. The number of aryl methyl sites for hydroxylation is 1. The number of benzene rings is 1. The van der Waals surface area contributed by atoms with Crippen LogP contribution in [0, 0.1) is 5.92 Å². The smallest absolute Gasteiger partial charge is 0.272 e. The van der Waals surface area contributed by atoms with Crippen molar-refractivity contribution in [2.45, 2.75) is 33.1 Å². The normalized spacial score (nSPS) is 15.7. The first-order chi connectivity index (χ1) is 11.2. The minimum atomic E-state index is 0.0627. The first kappa shape index (κ1) is 15.7. The van der Waals surface area contributed by atoms with E-state index in [2.05, 4.69) is 31.0 Å². The van der Waals surface area contributed by atoms with Gasteiger partial charge in [-0.05, 0) is 42.9 Å². The van der Waals surface area contributed by atoms with E-state index in [1.54, 1.807) is 0 Å². The van der Waals surface area contributed by atoms with Crippen LogP contribution in [0.4, 0.5) is 0 Å². The fourth-order valence-corrected chi connectivity index (χ4v) is 3.16. The Hall–Kier alpha value is -2.16. The third-order valence-electron chi connectivity index (χ3n) is 4.71. The lowest BCUT2D eigenvalue weighted by atomic mass is 9.99. The lowest BCUT2D eigenvalue weighted by Gasteiger charge is -2.30. The molecule has 23 heavy (non-hydrogen) atoms. The molecule has 1 aliphatic heterocycles. The third-order valence-corrected chi connectivity index (χ3v) is 4.71. The molecule has 1 saturated heterocycles. The number of piperidine rings is 1. The molecule has 0 unspecified atom stereocenters. The molecule has 0 spiro atoms. The van der Waals surface area contributed by atoms with E-state index < -0.39 is 0 Å². The fraction of sp³-hybridized carbons (Fsp3) is 0.400.